The molecule has 0 aromatic rings. The zero-order valence-corrected chi connectivity index (χ0v) is 5.94. The van der Waals surface area contributed by atoms with Crippen LogP contribution < -0.4 is 0 Å². The van der Waals surface area contributed by atoms with Gasteiger partial charge in [0.2, 0.25) is 0 Å². The fraction of sp³-hybridized carbons (Fsp3) is 1.00. The van der Waals surface area contributed by atoms with Crippen molar-refractivity contribution in [2.24, 2.45) is 0 Å². The van der Waals surface area contributed by atoms with Gasteiger partial charge in [-0.15, -0.1) is 0 Å². The topological polar surface area (TPSA) is 83.6 Å². The first-order valence-electron chi connectivity index (χ1n) is 2.91. The highest BCUT2D eigenvalue weighted by molar-refractivity contribution is 4.61. The van der Waals surface area contributed by atoms with Crippen LogP contribution in [0.1, 0.15) is 20.3 Å². The van der Waals surface area contributed by atoms with E-state index < -0.39 is 16.8 Å². The first-order chi connectivity index (χ1) is 4.36. The summed E-state index contributed by atoms with van der Waals surface area (Å²) in [5, 5.41) is 27.6. The Balaban J connectivity index is 4.00. The maximum atomic E-state index is 10.0. The molecular weight excluding hydrogens is 138 g/mol. The second-order valence-corrected chi connectivity index (χ2v) is 2.53. The lowest BCUT2D eigenvalue weighted by molar-refractivity contribution is -0.622. The first kappa shape index (κ1) is 9.32. The van der Waals surface area contributed by atoms with E-state index in [1.807, 2.05) is 0 Å². The van der Waals surface area contributed by atoms with E-state index in [9.17, 15) is 10.1 Å². The Labute approximate surface area is 58.4 Å². The molecule has 0 aliphatic heterocycles. The summed E-state index contributed by atoms with van der Waals surface area (Å²) in [4.78, 5) is 9.18. The van der Waals surface area contributed by atoms with Crippen molar-refractivity contribution in [1.82, 2.24) is 0 Å². The van der Waals surface area contributed by atoms with Gasteiger partial charge in [0, 0.05) is 6.92 Å². The molecule has 0 heterocycles. The van der Waals surface area contributed by atoms with Gasteiger partial charge in [-0.25, -0.2) is 0 Å². The number of aliphatic hydroxyl groups excluding tert-OH is 1. The summed E-state index contributed by atoms with van der Waals surface area (Å²) in [6.45, 7) is 2.44. The Morgan fingerprint density at radius 1 is 1.80 bits per heavy atom. The highest BCUT2D eigenvalue weighted by Gasteiger charge is 2.34. The van der Waals surface area contributed by atoms with Crippen molar-refractivity contribution in [2.45, 2.75) is 32.1 Å². The molecule has 5 nitrogen and oxygen atoms in total. The highest BCUT2D eigenvalue weighted by Crippen LogP contribution is 2.11. The molecule has 60 valence electrons. The summed E-state index contributed by atoms with van der Waals surface area (Å²) in [5.41, 5.74) is -2.01. The lowest BCUT2D eigenvalue weighted by Gasteiger charge is -2.14. The van der Waals surface area contributed by atoms with Crippen molar-refractivity contribution in [1.29, 1.82) is 0 Å². The van der Waals surface area contributed by atoms with Crippen molar-refractivity contribution < 1.29 is 15.1 Å². The summed E-state index contributed by atoms with van der Waals surface area (Å²) in [6.07, 6.45) is -1.11. The van der Waals surface area contributed by atoms with Gasteiger partial charge < -0.3 is 10.2 Å². The number of aliphatic hydroxyl groups is 2. The summed E-state index contributed by atoms with van der Waals surface area (Å²) in [5.74, 6) is 0. The fourth-order valence-corrected chi connectivity index (χ4v) is 0.634. The van der Waals surface area contributed by atoms with E-state index in [4.69, 9.17) is 10.2 Å². The molecule has 0 spiro atoms. The lowest BCUT2D eigenvalue weighted by Crippen LogP contribution is -2.37. The first-order valence-corrected chi connectivity index (χ1v) is 2.91. The van der Waals surface area contributed by atoms with Crippen LogP contribution in [-0.2, 0) is 0 Å². The minimum absolute atomic E-state index is 0.250. The number of nitrogens with zero attached hydrogens (tertiary/aromatic N) is 1. The molecule has 0 fully saturated rings. The molecule has 0 aliphatic rings. The molecule has 0 amide bonds. The SMILES string of the molecule is CC(O)CC(C)(O)[N+](=O)[O-]. The number of rotatable bonds is 3. The highest BCUT2D eigenvalue weighted by atomic mass is 16.7. The standard InChI is InChI=1S/C5H11NO4/c1-4(7)3-5(2,8)6(9)10/h4,7-8H,3H2,1-2H3. The molecule has 0 aromatic heterocycles. The third-order valence-electron chi connectivity index (χ3n) is 1.08. The van der Waals surface area contributed by atoms with Gasteiger partial charge in [-0.1, -0.05) is 0 Å². The Hall–Kier alpha value is -0.680. The second-order valence-electron chi connectivity index (χ2n) is 2.53. The maximum absolute atomic E-state index is 10.0. The van der Waals surface area contributed by atoms with Gasteiger partial charge in [0.1, 0.15) is 0 Å². The molecule has 10 heavy (non-hydrogen) atoms. The second kappa shape index (κ2) is 2.94. The minimum atomic E-state index is -2.01. The summed E-state index contributed by atoms with van der Waals surface area (Å²) >= 11 is 0. The van der Waals surface area contributed by atoms with E-state index in [1.165, 1.54) is 6.92 Å². The molecule has 0 radical (unpaired) electrons. The van der Waals surface area contributed by atoms with Gasteiger partial charge in [0.05, 0.1) is 17.4 Å². The number of nitro groups is 1. The maximum Gasteiger partial charge on any atom is 0.322 e. The molecule has 2 N–H and O–H groups in total. The molecule has 2 unspecified atom stereocenters. The van der Waals surface area contributed by atoms with Crippen LogP contribution >= 0.6 is 0 Å². The van der Waals surface area contributed by atoms with Crippen LogP contribution in [0.4, 0.5) is 0 Å². The van der Waals surface area contributed by atoms with Gasteiger partial charge >= 0.3 is 5.72 Å². The molecule has 0 aliphatic carbocycles. The Kier molecular flexibility index (Phi) is 2.74. The summed E-state index contributed by atoms with van der Waals surface area (Å²) < 4.78 is 0. The third-order valence-corrected chi connectivity index (χ3v) is 1.08. The van der Waals surface area contributed by atoms with Crippen LogP contribution in [0.25, 0.3) is 0 Å². The number of hydrogen-bond acceptors (Lipinski definition) is 4. The van der Waals surface area contributed by atoms with Crippen LogP contribution in [0.2, 0.25) is 0 Å². The van der Waals surface area contributed by atoms with Gasteiger partial charge in [-0.2, -0.15) is 0 Å². The van der Waals surface area contributed by atoms with E-state index in [0.717, 1.165) is 6.92 Å². The molecule has 5 heteroatoms. The van der Waals surface area contributed by atoms with Gasteiger partial charge in [0.25, 0.3) is 0 Å². The van der Waals surface area contributed by atoms with Crippen molar-refractivity contribution in [2.75, 3.05) is 0 Å². The normalized spacial score (nSPS) is 19.6. The van der Waals surface area contributed by atoms with Crippen molar-refractivity contribution >= 4 is 0 Å². The van der Waals surface area contributed by atoms with Crippen LogP contribution in [0, 0.1) is 10.1 Å². The predicted molar refractivity (Wildman–Crippen MR) is 33.9 cm³/mol. The smallest absolute Gasteiger partial charge is 0.322 e. The molecule has 2 atom stereocenters. The van der Waals surface area contributed by atoms with Crippen molar-refractivity contribution in [3.05, 3.63) is 10.1 Å². The molecular formula is C5H11NO4. The molecule has 0 rings (SSSR count). The van der Waals surface area contributed by atoms with E-state index in [-0.39, 0.29) is 6.42 Å². The third kappa shape index (κ3) is 2.75. The van der Waals surface area contributed by atoms with Crippen molar-refractivity contribution in [3.63, 3.8) is 0 Å². The predicted octanol–water partition coefficient (Wildman–Crippen LogP) is -0.258. The quantitative estimate of drug-likeness (QED) is 0.329. The lowest BCUT2D eigenvalue weighted by atomic mass is 10.1. The minimum Gasteiger partial charge on any atom is -0.393 e. The molecule has 0 saturated heterocycles. The van der Waals surface area contributed by atoms with Gasteiger partial charge in [-0.05, 0) is 6.92 Å². The van der Waals surface area contributed by atoms with Crippen LogP contribution in [-0.4, -0.2) is 27.0 Å². The van der Waals surface area contributed by atoms with Crippen LogP contribution in [0.5, 0.6) is 0 Å². The molecule has 0 saturated carbocycles. The van der Waals surface area contributed by atoms with Gasteiger partial charge in [0.15, 0.2) is 0 Å². The van der Waals surface area contributed by atoms with Gasteiger partial charge in [-0.3, -0.25) is 10.1 Å². The molecule has 0 bridgehead atoms. The average molecular weight is 149 g/mol. The number of hydrogen-bond donors (Lipinski definition) is 2. The van der Waals surface area contributed by atoms with E-state index in [0.29, 0.717) is 0 Å². The Morgan fingerprint density at radius 2 is 2.20 bits per heavy atom. The van der Waals surface area contributed by atoms with E-state index in [1.54, 1.807) is 0 Å². The molecule has 0 aromatic carbocycles. The summed E-state index contributed by atoms with van der Waals surface area (Å²) in [7, 11) is 0. The largest absolute Gasteiger partial charge is 0.393 e. The zero-order chi connectivity index (χ0) is 8.36. The zero-order valence-electron chi connectivity index (χ0n) is 5.94. The van der Waals surface area contributed by atoms with Crippen LogP contribution in [0.15, 0.2) is 0 Å². The Bertz CT molecular complexity index is 132. The van der Waals surface area contributed by atoms with Crippen molar-refractivity contribution in [3.8, 4) is 0 Å². The van der Waals surface area contributed by atoms with E-state index >= 15 is 0 Å². The van der Waals surface area contributed by atoms with E-state index in [2.05, 4.69) is 0 Å². The van der Waals surface area contributed by atoms with Crippen LogP contribution in [0.3, 0.4) is 0 Å². The monoisotopic (exact) mass is 149 g/mol. The summed E-state index contributed by atoms with van der Waals surface area (Å²) in [6, 6.07) is 0. The Morgan fingerprint density at radius 3 is 2.30 bits per heavy atom. The average Bonchev–Trinajstić information content (AvgIpc) is 1.60. The fourth-order valence-electron chi connectivity index (χ4n) is 0.634.